The Morgan fingerprint density at radius 2 is 1.85 bits per heavy atom. The number of nitrogens with two attached hydrogens (primary N) is 1. The van der Waals surface area contributed by atoms with Crippen LogP contribution in [0.4, 0.5) is 14.5 Å². The minimum atomic E-state index is -0.936. The van der Waals surface area contributed by atoms with E-state index in [0.717, 1.165) is 12.1 Å². The molecule has 0 aliphatic heterocycles. The van der Waals surface area contributed by atoms with Gasteiger partial charge in [-0.3, -0.25) is 0 Å². The highest BCUT2D eigenvalue weighted by molar-refractivity contribution is 5.64. The fourth-order valence-corrected chi connectivity index (χ4v) is 1.63. The molecule has 0 amide bonds. The molecule has 20 heavy (non-hydrogen) atoms. The minimum Gasteiger partial charge on any atom is -0.375 e. The highest BCUT2D eigenvalue weighted by Crippen LogP contribution is 2.19. The van der Waals surface area contributed by atoms with Gasteiger partial charge in [0.2, 0.25) is 0 Å². The first-order valence-corrected chi connectivity index (χ1v) is 6.16. The van der Waals surface area contributed by atoms with Crippen molar-refractivity contribution in [1.82, 2.24) is 0 Å². The van der Waals surface area contributed by atoms with Crippen LogP contribution in [0.5, 0.6) is 0 Å². The van der Waals surface area contributed by atoms with Crippen molar-refractivity contribution >= 4 is 12.0 Å². The first-order chi connectivity index (χ1) is 9.47. The molecule has 1 aromatic carbocycles. The van der Waals surface area contributed by atoms with Gasteiger partial charge in [0.1, 0.15) is 29.6 Å². The van der Waals surface area contributed by atoms with Crippen LogP contribution in [0.15, 0.2) is 12.1 Å². The quantitative estimate of drug-likeness (QED) is 0.813. The van der Waals surface area contributed by atoms with Crippen molar-refractivity contribution in [3.63, 3.8) is 0 Å². The van der Waals surface area contributed by atoms with E-state index in [9.17, 15) is 13.6 Å². The highest BCUT2D eigenvalue weighted by atomic mass is 19.1. The second-order valence-electron chi connectivity index (χ2n) is 4.44. The number of rotatable bonds is 5. The van der Waals surface area contributed by atoms with E-state index in [1.54, 1.807) is 0 Å². The van der Waals surface area contributed by atoms with Gasteiger partial charge >= 0.3 is 0 Å². The van der Waals surface area contributed by atoms with Crippen LogP contribution in [0.25, 0.3) is 0 Å². The molecule has 0 aromatic heterocycles. The van der Waals surface area contributed by atoms with E-state index in [-0.39, 0.29) is 11.6 Å². The summed E-state index contributed by atoms with van der Waals surface area (Å²) in [4.78, 5) is 10.8. The third-order valence-corrected chi connectivity index (χ3v) is 2.40. The standard InChI is InChI=1S/C13H14F2N2O.CH5N/c1-8(2)3-10(7-18)17-9-4-12(14)11(6-16)13(15)5-9;1-2/h4-5,7-8,10,17H,3H2,1-2H3;2H2,1H3/t10-;/m1./s1. The molecule has 0 aliphatic rings. The Morgan fingerprint density at radius 1 is 1.35 bits per heavy atom. The summed E-state index contributed by atoms with van der Waals surface area (Å²) in [6.45, 7) is 3.89. The Bertz CT molecular complexity index is 461. The van der Waals surface area contributed by atoms with Crippen molar-refractivity contribution in [1.29, 1.82) is 5.26 Å². The number of halogens is 2. The molecule has 0 aliphatic carbocycles. The summed E-state index contributed by atoms with van der Waals surface area (Å²) in [5, 5.41) is 11.3. The molecule has 4 nitrogen and oxygen atoms in total. The first-order valence-electron chi connectivity index (χ1n) is 6.16. The molecule has 0 saturated heterocycles. The Balaban J connectivity index is 0.00000172. The van der Waals surface area contributed by atoms with Crippen LogP contribution >= 0.6 is 0 Å². The maximum Gasteiger partial charge on any atom is 0.146 e. The zero-order chi connectivity index (χ0) is 15.7. The van der Waals surface area contributed by atoms with Gasteiger partial charge in [0, 0.05) is 5.69 Å². The third-order valence-electron chi connectivity index (χ3n) is 2.40. The molecule has 0 heterocycles. The number of nitrogens with zero attached hydrogens (tertiary/aromatic N) is 1. The lowest BCUT2D eigenvalue weighted by molar-refractivity contribution is -0.108. The van der Waals surface area contributed by atoms with E-state index in [1.165, 1.54) is 13.1 Å². The van der Waals surface area contributed by atoms with Crippen molar-refractivity contribution in [2.75, 3.05) is 12.4 Å². The molecule has 0 bridgehead atoms. The van der Waals surface area contributed by atoms with Crippen LogP contribution < -0.4 is 11.1 Å². The third kappa shape index (κ3) is 5.33. The summed E-state index contributed by atoms with van der Waals surface area (Å²) in [7, 11) is 1.50. The van der Waals surface area contributed by atoms with E-state index in [1.807, 2.05) is 13.8 Å². The number of aldehydes is 1. The van der Waals surface area contributed by atoms with E-state index in [2.05, 4.69) is 11.1 Å². The van der Waals surface area contributed by atoms with Crippen molar-refractivity contribution < 1.29 is 13.6 Å². The molecule has 6 heteroatoms. The summed E-state index contributed by atoms with van der Waals surface area (Å²) in [5.41, 5.74) is 4.04. The number of carbonyl (C=O) groups is 1. The average Bonchev–Trinajstić information content (AvgIpc) is 2.39. The molecule has 1 aromatic rings. The van der Waals surface area contributed by atoms with Crippen LogP contribution in [0.1, 0.15) is 25.8 Å². The van der Waals surface area contributed by atoms with E-state index >= 15 is 0 Å². The molecule has 0 spiro atoms. The van der Waals surface area contributed by atoms with Crippen LogP contribution in [0, 0.1) is 28.9 Å². The lowest BCUT2D eigenvalue weighted by Gasteiger charge is -2.16. The maximum absolute atomic E-state index is 13.3. The van der Waals surface area contributed by atoms with Crippen LogP contribution in [-0.2, 0) is 4.79 Å². The van der Waals surface area contributed by atoms with Crippen LogP contribution in [0.2, 0.25) is 0 Å². The number of anilines is 1. The molecular weight excluding hydrogens is 264 g/mol. The Kier molecular flexibility index (Phi) is 8.09. The Labute approximate surface area is 117 Å². The van der Waals surface area contributed by atoms with Crippen molar-refractivity contribution in [2.45, 2.75) is 26.3 Å². The van der Waals surface area contributed by atoms with Gasteiger partial charge in [0.05, 0.1) is 6.04 Å². The van der Waals surface area contributed by atoms with Crippen LogP contribution in [-0.4, -0.2) is 19.4 Å². The highest BCUT2D eigenvalue weighted by Gasteiger charge is 2.14. The maximum atomic E-state index is 13.3. The molecule has 1 atom stereocenters. The average molecular weight is 283 g/mol. The predicted octanol–water partition coefficient (Wildman–Crippen LogP) is 2.44. The summed E-state index contributed by atoms with van der Waals surface area (Å²) in [6, 6.07) is 2.96. The van der Waals surface area contributed by atoms with Gasteiger partial charge in [-0.15, -0.1) is 0 Å². The number of nitriles is 1. The summed E-state index contributed by atoms with van der Waals surface area (Å²) < 4.78 is 26.7. The van der Waals surface area contributed by atoms with E-state index in [4.69, 9.17) is 5.26 Å². The molecule has 110 valence electrons. The molecule has 0 saturated carbocycles. The second-order valence-corrected chi connectivity index (χ2v) is 4.44. The molecule has 0 unspecified atom stereocenters. The lowest BCUT2D eigenvalue weighted by atomic mass is 10.0. The Hall–Kier alpha value is -2.00. The topological polar surface area (TPSA) is 78.9 Å². The smallest absolute Gasteiger partial charge is 0.146 e. The first kappa shape index (κ1) is 18.0. The SMILES string of the molecule is CC(C)C[C@H](C=O)Nc1cc(F)c(C#N)c(F)c1.CN. The molecule has 0 radical (unpaired) electrons. The molecule has 3 N–H and O–H groups in total. The fraction of sp³-hybridized carbons (Fsp3) is 0.429. The predicted molar refractivity (Wildman–Crippen MR) is 74.1 cm³/mol. The van der Waals surface area contributed by atoms with Crippen molar-refractivity contribution in [2.24, 2.45) is 11.7 Å². The minimum absolute atomic E-state index is 0.154. The van der Waals surface area contributed by atoms with E-state index in [0.29, 0.717) is 12.7 Å². The zero-order valence-corrected chi connectivity index (χ0v) is 11.8. The van der Waals surface area contributed by atoms with Crippen molar-refractivity contribution in [3.8, 4) is 6.07 Å². The van der Waals surface area contributed by atoms with Gasteiger partial charge in [-0.2, -0.15) is 5.26 Å². The van der Waals surface area contributed by atoms with Gasteiger partial charge in [0.15, 0.2) is 0 Å². The summed E-state index contributed by atoms with van der Waals surface area (Å²) >= 11 is 0. The van der Waals surface area contributed by atoms with Gasteiger partial charge in [-0.25, -0.2) is 8.78 Å². The fourth-order valence-electron chi connectivity index (χ4n) is 1.63. The molecule has 0 fully saturated rings. The number of benzene rings is 1. The summed E-state index contributed by atoms with van der Waals surface area (Å²) in [5.74, 6) is -1.59. The van der Waals surface area contributed by atoms with E-state index < -0.39 is 23.2 Å². The number of carbonyl (C=O) groups excluding carboxylic acids is 1. The molecule has 1 rings (SSSR count). The normalized spacial score (nSPS) is 11.1. The monoisotopic (exact) mass is 283 g/mol. The van der Waals surface area contributed by atoms with Gasteiger partial charge in [-0.05, 0) is 31.5 Å². The Morgan fingerprint density at radius 3 is 2.20 bits per heavy atom. The number of nitrogens with one attached hydrogen (secondary N) is 1. The van der Waals surface area contributed by atoms with Gasteiger partial charge < -0.3 is 15.8 Å². The van der Waals surface area contributed by atoms with Crippen LogP contribution in [0.3, 0.4) is 0 Å². The molecular formula is C14H19F2N3O. The lowest BCUT2D eigenvalue weighted by Crippen LogP contribution is -2.23. The largest absolute Gasteiger partial charge is 0.375 e. The van der Waals surface area contributed by atoms with Crippen molar-refractivity contribution in [3.05, 3.63) is 29.3 Å². The second kappa shape index (κ2) is 8.99. The van der Waals surface area contributed by atoms with Gasteiger partial charge in [0.25, 0.3) is 0 Å². The number of hydrogen-bond acceptors (Lipinski definition) is 4. The summed E-state index contributed by atoms with van der Waals surface area (Å²) in [6.07, 6.45) is 1.26. The zero-order valence-electron chi connectivity index (χ0n) is 11.8. The number of hydrogen-bond donors (Lipinski definition) is 2. The van der Waals surface area contributed by atoms with Gasteiger partial charge in [-0.1, -0.05) is 13.8 Å².